The molecule has 0 bridgehead atoms. The predicted octanol–water partition coefficient (Wildman–Crippen LogP) is 1.07. The summed E-state index contributed by atoms with van der Waals surface area (Å²) < 4.78 is 4.63. The van der Waals surface area contributed by atoms with E-state index in [1.165, 1.54) is 7.11 Å². The maximum absolute atomic E-state index is 11.2. The van der Waals surface area contributed by atoms with Crippen LogP contribution in [0.2, 0.25) is 0 Å². The number of methoxy groups -OCH3 is 1. The van der Waals surface area contributed by atoms with Crippen LogP contribution in [0.15, 0.2) is 0 Å². The maximum atomic E-state index is 11.2. The number of aromatic nitrogens is 2. The fourth-order valence-electron chi connectivity index (χ4n) is 2.46. The van der Waals surface area contributed by atoms with Crippen LogP contribution in [0.3, 0.4) is 0 Å². The summed E-state index contributed by atoms with van der Waals surface area (Å²) in [4.78, 5) is 22.3. The molecule has 1 aromatic rings. The summed E-state index contributed by atoms with van der Waals surface area (Å²) in [5.41, 5.74) is 1.02. The number of nitrogens with zero attached hydrogens (tertiary/aromatic N) is 3. The zero-order valence-corrected chi connectivity index (χ0v) is 12.4. The number of carbonyl (C=O) groups excluding carboxylic acids is 1. The summed E-state index contributed by atoms with van der Waals surface area (Å²) in [5, 5.41) is 5.91. The molecule has 7 nitrogen and oxygen atoms in total. The first-order valence-electron chi connectivity index (χ1n) is 6.67. The maximum Gasteiger partial charge on any atom is 0.407 e. The average Bonchev–Trinajstić information content (AvgIpc) is 2.89. The van der Waals surface area contributed by atoms with Crippen LogP contribution in [0.25, 0.3) is 0 Å². The molecule has 2 N–H and O–H groups in total. The van der Waals surface area contributed by atoms with Crippen LogP contribution in [-0.2, 0) is 4.74 Å². The number of hydrogen-bond acceptors (Lipinski definition) is 6. The van der Waals surface area contributed by atoms with Gasteiger partial charge in [-0.25, -0.2) is 14.8 Å². The van der Waals surface area contributed by atoms with E-state index in [1.54, 1.807) is 0 Å². The Hall–Kier alpha value is -2.05. The van der Waals surface area contributed by atoms with Crippen molar-refractivity contribution in [1.82, 2.24) is 15.3 Å². The van der Waals surface area contributed by atoms with E-state index in [9.17, 15) is 4.79 Å². The lowest BCUT2D eigenvalue weighted by Gasteiger charge is -2.21. The van der Waals surface area contributed by atoms with Gasteiger partial charge in [0.05, 0.1) is 13.2 Å². The van der Waals surface area contributed by atoms with Crippen LogP contribution >= 0.6 is 0 Å². The molecule has 1 amide bonds. The molecule has 2 rings (SSSR count). The SMILES string of the molecule is CNc1nc(C)nc(N2CCC(NC(=O)OC)C2)c1C. The van der Waals surface area contributed by atoms with Crippen molar-refractivity contribution >= 4 is 17.7 Å². The summed E-state index contributed by atoms with van der Waals surface area (Å²) in [5.74, 6) is 2.51. The molecule has 0 spiro atoms. The molecule has 0 radical (unpaired) electrons. The van der Waals surface area contributed by atoms with Crippen LogP contribution in [0.4, 0.5) is 16.4 Å². The van der Waals surface area contributed by atoms with Crippen molar-refractivity contribution in [3.8, 4) is 0 Å². The molecule has 0 aliphatic carbocycles. The van der Waals surface area contributed by atoms with E-state index in [2.05, 4.69) is 30.2 Å². The van der Waals surface area contributed by atoms with Crippen LogP contribution < -0.4 is 15.5 Å². The molecule has 1 aromatic heterocycles. The Morgan fingerprint density at radius 2 is 2.15 bits per heavy atom. The van der Waals surface area contributed by atoms with Crippen LogP contribution in [0.5, 0.6) is 0 Å². The number of nitrogens with one attached hydrogen (secondary N) is 2. The molecule has 1 unspecified atom stereocenters. The fourth-order valence-corrected chi connectivity index (χ4v) is 2.46. The smallest absolute Gasteiger partial charge is 0.407 e. The number of alkyl carbamates (subject to hydrolysis) is 1. The number of rotatable bonds is 3. The minimum absolute atomic E-state index is 0.0927. The average molecular weight is 279 g/mol. The van der Waals surface area contributed by atoms with Crippen molar-refractivity contribution in [1.29, 1.82) is 0 Å². The first-order valence-corrected chi connectivity index (χ1v) is 6.67. The second kappa shape index (κ2) is 5.94. The number of aryl methyl sites for hydroxylation is 1. The van der Waals surface area contributed by atoms with E-state index in [0.29, 0.717) is 0 Å². The number of amides is 1. The van der Waals surface area contributed by atoms with E-state index in [-0.39, 0.29) is 12.1 Å². The zero-order chi connectivity index (χ0) is 14.7. The molecule has 1 atom stereocenters. The van der Waals surface area contributed by atoms with Gasteiger partial charge in [-0.1, -0.05) is 0 Å². The number of hydrogen-bond donors (Lipinski definition) is 2. The predicted molar refractivity (Wildman–Crippen MR) is 77.2 cm³/mol. The minimum Gasteiger partial charge on any atom is -0.453 e. The molecule has 1 aliphatic rings. The van der Waals surface area contributed by atoms with Crippen molar-refractivity contribution in [2.24, 2.45) is 0 Å². The van der Waals surface area contributed by atoms with Crippen LogP contribution in [0, 0.1) is 13.8 Å². The van der Waals surface area contributed by atoms with E-state index >= 15 is 0 Å². The Morgan fingerprint density at radius 3 is 2.80 bits per heavy atom. The van der Waals surface area contributed by atoms with E-state index in [0.717, 1.165) is 42.5 Å². The van der Waals surface area contributed by atoms with Gasteiger partial charge in [-0.3, -0.25) is 0 Å². The Kier molecular flexibility index (Phi) is 4.26. The van der Waals surface area contributed by atoms with Gasteiger partial charge in [-0.15, -0.1) is 0 Å². The summed E-state index contributed by atoms with van der Waals surface area (Å²) in [6, 6.07) is 0.0927. The molecule has 20 heavy (non-hydrogen) atoms. The highest BCUT2D eigenvalue weighted by Gasteiger charge is 2.27. The summed E-state index contributed by atoms with van der Waals surface area (Å²) in [7, 11) is 3.23. The van der Waals surface area contributed by atoms with Crippen molar-refractivity contribution in [2.75, 3.05) is 37.5 Å². The lowest BCUT2D eigenvalue weighted by atomic mass is 10.2. The lowest BCUT2D eigenvalue weighted by molar-refractivity contribution is 0.167. The highest BCUT2D eigenvalue weighted by molar-refractivity contribution is 5.68. The molecule has 1 saturated heterocycles. The van der Waals surface area contributed by atoms with Gasteiger partial charge in [0.1, 0.15) is 17.5 Å². The Labute approximate surface area is 118 Å². The highest BCUT2D eigenvalue weighted by atomic mass is 16.5. The molecule has 110 valence electrons. The van der Waals surface area contributed by atoms with Crippen molar-refractivity contribution in [3.63, 3.8) is 0 Å². The number of ether oxygens (including phenoxy) is 1. The van der Waals surface area contributed by atoms with Gasteiger partial charge in [0.2, 0.25) is 0 Å². The van der Waals surface area contributed by atoms with Crippen LogP contribution in [0.1, 0.15) is 17.8 Å². The van der Waals surface area contributed by atoms with Gasteiger partial charge in [-0.2, -0.15) is 0 Å². The normalized spacial score (nSPS) is 18.0. The third-order valence-corrected chi connectivity index (χ3v) is 3.46. The summed E-state index contributed by atoms with van der Waals surface area (Å²) >= 11 is 0. The van der Waals surface area contributed by atoms with Crippen molar-refractivity contribution < 1.29 is 9.53 Å². The molecule has 2 heterocycles. The van der Waals surface area contributed by atoms with E-state index < -0.39 is 0 Å². The summed E-state index contributed by atoms with van der Waals surface area (Å²) in [6.07, 6.45) is 0.496. The van der Waals surface area contributed by atoms with Crippen molar-refractivity contribution in [3.05, 3.63) is 11.4 Å². The second-order valence-electron chi connectivity index (χ2n) is 4.89. The molecule has 0 saturated carbocycles. The molecule has 7 heteroatoms. The van der Waals surface area contributed by atoms with Gasteiger partial charge in [0.15, 0.2) is 0 Å². The minimum atomic E-state index is -0.386. The number of anilines is 2. The summed E-state index contributed by atoms with van der Waals surface area (Å²) in [6.45, 7) is 5.47. The van der Waals surface area contributed by atoms with Crippen molar-refractivity contribution in [2.45, 2.75) is 26.3 Å². The molecule has 0 aromatic carbocycles. The Morgan fingerprint density at radius 1 is 1.40 bits per heavy atom. The van der Waals surface area contributed by atoms with Crippen LogP contribution in [-0.4, -0.2) is 49.4 Å². The third kappa shape index (κ3) is 2.92. The highest BCUT2D eigenvalue weighted by Crippen LogP contribution is 2.26. The topological polar surface area (TPSA) is 79.4 Å². The van der Waals surface area contributed by atoms with Gasteiger partial charge >= 0.3 is 6.09 Å². The Bertz CT molecular complexity index is 506. The molecular formula is C13H21N5O2. The second-order valence-corrected chi connectivity index (χ2v) is 4.89. The Balaban J connectivity index is 2.14. The monoisotopic (exact) mass is 279 g/mol. The standard InChI is InChI=1S/C13H21N5O2/c1-8-11(14-3)15-9(2)16-12(8)18-6-5-10(7-18)17-13(19)20-4/h10H,5-7H2,1-4H3,(H,17,19)(H,14,15,16). The lowest BCUT2D eigenvalue weighted by Crippen LogP contribution is -2.37. The third-order valence-electron chi connectivity index (χ3n) is 3.46. The number of carbonyl (C=O) groups is 1. The van der Waals surface area contributed by atoms with Gasteiger partial charge in [0, 0.05) is 25.7 Å². The quantitative estimate of drug-likeness (QED) is 0.861. The first kappa shape index (κ1) is 14.4. The van der Waals surface area contributed by atoms with Gasteiger partial charge < -0.3 is 20.3 Å². The molecule has 1 aliphatic heterocycles. The fraction of sp³-hybridized carbons (Fsp3) is 0.615. The molecular weight excluding hydrogens is 258 g/mol. The largest absolute Gasteiger partial charge is 0.453 e. The van der Waals surface area contributed by atoms with Gasteiger partial charge in [-0.05, 0) is 20.3 Å². The van der Waals surface area contributed by atoms with Gasteiger partial charge in [0.25, 0.3) is 0 Å². The molecule has 1 fully saturated rings. The zero-order valence-electron chi connectivity index (χ0n) is 12.4. The van der Waals surface area contributed by atoms with E-state index in [1.807, 2.05) is 20.9 Å². The van der Waals surface area contributed by atoms with E-state index in [4.69, 9.17) is 0 Å². The first-order chi connectivity index (χ1) is 9.55.